The van der Waals surface area contributed by atoms with Crippen molar-refractivity contribution in [3.63, 3.8) is 0 Å². The molecule has 1 atom stereocenters. The second kappa shape index (κ2) is 6.45. The molecule has 3 nitrogen and oxygen atoms in total. The zero-order valence-corrected chi connectivity index (χ0v) is 16.4. The molecule has 0 radical (unpaired) electrons. The number of aryl methyl sites for hydroxylation is 1. The van der Waals surface area contributed by atoms with E-state index in [2.05, 4.69) is 72.4 Å². The van der Waals surface area contributed by atoms with Gasteiger partial charge in [-0.05, 0) is 67.7 Å². The van der Waals surface area contributed by atoms with Gasteiger partial charge in [0.05, 0.1) is 5.69 Å². The molecule has 0 amide bonds. The average Bonchev–Trinajstić information content (AvgIpc) is 3.07. The number of hydrogen-bond acceptors (Lipinski definition) is 3. The minimum atomic E-state index is 0.574. The third-order valence-corrected chi connectivity index (χ3v) is 5.76. The maximum absolute atomic E-state index is 6.16. The van der Waals surface area contributed by atoms with Crippen LogP contribution in [0.5, 0.6) is 0 Å². The summed E-state index contributed by atoms with van der Waals surface area (Å²) in [4.78, 5) is 9.20. The fourth-order valence-electron chi connectivity index (χ4n) is 3.92. The van der Waals surface area contributed by atoms with E-state index in [1.807, 2.05) is 19.2 Å². The fourth-order valence-corrected chi connectivity index (χ4v) is 3.92. The molecule has 3 heterocycles. The highest BCUT2D eigenvalue weighted by Crippen LogP contribution is 2.36. The Bertz CT molecular complexity index is 1280. The van der Waals surface area contributed by atoms with Crippen LogP contribution in [0.4, 0.5) is 0 Å². The molecule has 0 spiro atoms. The van der Waals surface area contributed by atoms with Crippen molar-refractivity contribution in [1.82, 2.24) is 9.97 Å². The van der Waals surface area contributed by atoms with Gasteiger partial charge in [-0.2, -0.15) is 0 Å². The number of benzene rings is 1. The summed E-state index contributed by atoms with van der Waals surface area (Å²) < 4.78 is 6.16. The molecule has 1 unspecified atom stereocenters. The zero-order chi connectivity index (χ0) is 19.3. The summed E-state index contributed by atoms with van der Waals surface area (Å²) in [7, 11) is 0. The first kappa shape index (κ1) is 16.9. The maximum Gasteiger partial charge on any atom is 0.227 e. The Morgan fingerprint density at radius 2 is 1.89 bits per heavy atom. The summed E-state index contributed by atoms with van der Waals surface area (Å²) in [6, 6.07) is 14.6. The van der Waals surface area contributed by atoms with Gasteiger partial charge in [-0.15, -0.1) is 0 Å². The molecule has 1 aliphatic carbocycles. The lowest BCUT2D eigenvalue weighted by molar-refractivity contribution is 0.653. The minimum Gasteiger partial charge on any atom is -0.437 e. The van der Waals surface area contributed by atoms with E-state index in [0.717, 1.165) is 39.7 Å². The van der Waals surface area contributed by atoms with Crippen molar-refractivity contribution >= 4 is 27.6 Å². The van der Waals surface area contributed by atoms with Crippen LogP contribution in [0, 0.1) is 12.8 Å². The van der Waals surface area contributed by atoms with E-state index in [9.17, 15) is 0 Å². The minimum absolute atomic E-state index is 0.574. The number of pyridine rings is 2. The van der Waals surface area contributed by atoms with Gasteiger partial charge in [0.1, 0.15) is 5.58 Å². The van der Waals surface area contributed by atoms with Crippen molar-refractivity contribution in [2.45, 2.75) is 27.2 Å². The molecule has 0 saturated heterocycles. The molecule has 138 valence electrons. The van der Waals surface area contributed by atoms with Crippen LogP contribution in [-0.4, -0.2) is 9.97 Å². The normalized spacial score (nSPS) is 17.0. The number of rotatable bonds is 2. The van der Waals surface area contributed by atoms with Crippen molar-refractivity contribution in [3.05, 3.63) is 77.6 Å². The van der Waals surface area contributed by atoms with Crippen LogP contribution in [-0.2, 0) is 0 Å². The van der Waals surface area contributed by atoms with Crippen LogP contribution in [0.3, 0.4) is 0 Å². The molecule has 3 aromatic heterocycles. The van der Waals surface area contributed by atoms with Gasteiger partial charge in [0.25, 0.3) is 0 Å². The first-order valence-electron chi connectivity index (χ1n) is 9.73. The van der Waals surface area contributed by atoms with Gasteiger partial charge in [-0.1, -0.05) is 36.8 Å². The summed E-state index contributed by atoms with van der Waals surface area (Å²) in [5, 5.41) is 2.12. The van der Waals surface area contributed by atoms with Crippen molar-refractivity contribution in [1.29, 1.82) is 0 Å². The molecular formula is C25H22N2O. The zero-order valence-electron chi connectivity index (χ0n) is 16.4. The van der Waals surface area contributed by atoms with Crippen molar-refractivity contribution < 1.29 is 4.42 Å². The Morgan fingerprint density at radius 1 is 1.00 bits per heavy atom. The van der Waals surface area contributed by atoms with Gasteiger partial charge in [-0.25, -0.2) is 4.98 Å². The number of nitrogens with zero attached hydrogens (tertiary/aromatic N) is 2. The number of aromatic nitrogens is 2. The first-order valence-corrected chi connectivity index (χ1v) is 9.73. The first-order chi connectivity index (χ1) is 13.6. The monoisotopic (exact) mass is 366 g/mol. The summed E-state index contributed by atoms with van der Waals surface area (Å²) in [6.45, 7) is 6.46. The highest BCUT2D eigenvalue weighted by atomic mass is 16.3. The quantitative estimate of drug-likeness (QED) is 0.395. The Labute approximate surface area is 164 Å². The topological polar surface area (TPSA) is 38.9 Å². The summed E-state index contributed by atoms with van der Waals surface area (Å²) in [5.41, 5.74) is 8.44. The van der Waals surface area contributed by atoms with Gasteiger partial charge < -0.3 is 4.42 Å². The van der Waals surface area contributed by atoms with Crippen LogP contribution in [0.15, 0.2) is 70.8 Å². The predicted octanol–water partition coefficient (Wildman–Crippen LogP) is 6.72. The summed E-state index contributed by atoms with van der Waals surface area (Å²) in [6.07, 6.45) is 7.43. The van der Waals surface area contributed by atoms with Crippen LogP contribution >= 0.6 is 0 Å². The Morgan fingerprint density at radius 3 is 2.75 bits per heavy atom. The molecule has 1 aliphatic rings. The van der Waals surface area contributed by atoms with E-state index in [-0.39, 0.29) is 0 Å². The van der Waals surface area contributed by atoms with Crippen LogP contribution < -0.4 is 0 Å². The number of furan rings is 1. The predicted molar refractivity (Wildman–Crippen MR) is 115 cm³/mol. The second-order valence-corrected chi connectivity index (χ2v) is 7.73. The third kappa shape index (κ3) is 2.75. The van der Waals surface area contributed by atoms with Crippen LogP contribution in [0.2, 0.25) is 0 Å². The van der Waals surface area contributed by atoms with E-state index in [1.165, 1.54) is 16.7 Å². The van der Waals surface area contributed by atoms with Crippen molar-refractivity contribution in [3.8, 4) is 11.3 Å². The Hall–Kier alpha value is -3.20. The highest BCUT2D eigenvalue weighted by molar-refractivity contribution is 6.08. The van der Waals surface area contributed by atoms with Gasteiger partial charge in [0.2, 0.25) is 5.71 Å². The SMILES string of the molecule is CC1=CC=C(c2ccnc(-c3cccc4c3oc3nc(C)ccc34)c2)CC1C. The third-order valence-electron chi connectivity index (χ3n) is 5.76. The number of para-hydroxylation sites is 1. The second-order valence-electron chi connectivity index (χ2n) is 7.73. The smallest absolute Gasteiger partial charge is 0.227 e. The fraction of sp³-hybridized carbons (Fsp3) is 0.200. The average molecular weight is 366 g/mol. The molecule has 0 aliphatic heterocycles. The maximum atomic E-state index is 6.16. The van der Waals surface area contributed by atoms with E-state index in [4.69, 9.17) is 4.42 Å². The molecule has 0 bridgehead atoms. The van der Waals surface area contributed by atoms with Gasteiger partial charge in [-0.3, -0.25) is 4.98 Å². The van der Waals surface area contributed by atoms with Gasteiger partial charge in [0, 0.05) is 28.2 Å². The lowest BCUT2D eigenvalue weighted by Crippen LogP contribution is -2.02. The number of allylic oxidation sites excluding steroid dienone is 4. The molecule has 1 aromatic carbocycles. The number of hydrogen-bond donors (Lipinski definition) is 0. The Kier molecular flexibility index (Phi) is 3.90. The molecule has 28 heavy (non-hydrogen) atoms. The van der Waals surface area contributed by atoms with Crippen LogP contribution in [0.1, 0.15) is 31.5 Å². The molecular weight excluding hydrogens is 344 g/mol. The molecule has 0 fully saturated rings. The highest BCUT2D eigenvalue weighted by Gasteiger charge is 2.16. The van der Waals surface area contributed by atoms with Gasteiger partial charge >= 0.3 is 0 Å². The van der Waals surface area contributed by atoms with Crippen LogP contribution in [0.25, 0.3) is 38.9 Å². The van der Waals surface area contributed by atoms with E-state index in [1.54, 1.807) is 0 Å². The van der Waals surface area contributed by atoms with Gasteiger partial charge in [0.15, 0.2) is 0 Å². The number of fused-ring (bicyclic) bond motifs is 3. The molecule has 5 rings (SSSR count). The lowest BCUT2D eigenvalue weighted by Gasteiger charge is -2.19. The standard InChI is InChI=1S/C25H22N2O/c1-15-7-9-18(13-16(15)2)19-11-12-26-23(14-19)22-6-4-5-20-21-10-8-17(3)27-25(21)28-24(20)22/h4-12,14,16H,13H2,1-3H3. The van der Waals surface area contributed by atoms with E-state index >= 15 is 0 Å². The summed E-state index contributed by atoms with van der Waals surface area (Å²) >= 11 is 0. The largest absolute Gasteiger partial charge is 0.437 e. The molecule has 4 aromatic rings. The molecule has 3 heteroatoms. The van der Waals surface area contributed by atoms with Crippen molar-refractivity contribution in [2.24, 2.45) is 5.92 Å². The molecule has 0 saturated carbocycles. The van der Waals surface area contributed by atoms with E-state index in [0.29, 0.717) is 11.6 Å². The molecule has 0 N–H and O–H groups in total. The summed E-state index contributed by atoms with van der Waals surface area (Å²) in [5.74, 6) is 0.574. The lowest BCUT2D eigenvalue weighted by atomic mass is 9.86. The Balaban J connectivity index is 1.66. The van der Waals surface area contributed by atoms with E-state index < -0.39 is 0 Å². The van der Waals surface area contributed by atoms with Crippen molar-refractivity contribution in [2.75, 3.05) is 0 Å².